The molecule has 4 aromatic rings. The fraction of sp³-hybridized carbons (Fsp3) is 0.259. The van der Waals surface area contributed by atoms with Gasteiger partial charge in [0.1, 0.15) is 11.0 Å². The summed E-state index contributed by atoms with van der Waals surface area (Å²) in [5.41, 5.74) is 0.859. The predicted octanol–water partition coefficient (Wildman–Crippen LogP) is 6.05. The van der Waals surface area contributed by atoms with Gasteiger partial charge >= 0.3 is 12.2 Å². The van der Waals surface area contributed by atoms with Gasteiger partial charge in [0.25, 0.3) is 0 Å². The van der Waals surface area contributed by atoms with Gasteiger partial charge in [0.15, 0.2) is 0 Å². The van der Waals surface area contributed by atoms with Crippen LogP contribution in [0.15, 0.2) is 72.0 Å². The molecule has 2 aromatic heterocycles. The number of anilines is 2. The summed E-state index contributed by atoms with van der Waals surface area (Å²) in [5.74, 6) is 0. The molecular formula is C27H26ClF3N6O2S. The molecule has 13 heteroatoms. The van der Waals surface area contributed by atoms with Crippen LogP contribution in [0.3, 0.4) is 0 Å². The van der Waals surface area contributed by atoms with Crippen LogP contribution in [0.2, 0.25) is 5.02 Å². The number of rotatable bonds is 8. The van der Waals surface area contributed by atoms with Gasteiger partial charge in [0.2, 0.25) is 0 Å². The molecular weight excluding hydrogens is 565 g/mol. The van der Waals surface area contributed by atoms with Crippen molar-refractivity contribution in [2.75, 3.05) is 36.8 Å². The van der Waals surface area contributed by atoms with E-state index in [4.69, 9.17) is 11.6 Å². The molecule has 40 heavy (non-hydrogen) atoms. The Morgan fingerprint density at radius 3 is 2.45 bits per heavy atom. The first kappa shape index (κ1) is 28.1. The van der Waals surface area contributed by atoms with Gasteiger partial charge in [-0.1, -0.05) is 11.6 Å². The highest BCUT2D eigenvalue weighted by Gasteiger charge is 2.33. The number of nitrogens with zero attached hydrogens (tertiary/aromatic N) is 3. The molecule has 1 atom stereocenters. The van der Waals surface area contributed by atoms with Crippen LogP contribution in [-0.4, -0.2) is 50.9 Å². The molecule has 1 saturated heterocycles. The zero-order valence-corrected chi connectivity index (χ0v) is 22.7. The van der Waals surface area contributed by atoms with Crippen LogP contribution in [0.5, 0.6) is 0 Å². The number of carbonyl (C=O) groups is 1. The van der Waals surface area contributed by atoms with Crippen molar-refractivity contribution in [1.82, 2.24) is 19.2 Å². The van der Waals surface area contributed by atoms with Crippen LogP contribution in [0.4, 0.5) is 29.3 Å². The van der Waals surface area contributed by atoms with E-state index in [1.54, 1.807) is 42.9 Å². The third-order valence-electron chi connectivity index (χ3n) is 6.56. The summed E-state index contributed by atoms with van der Waals surface area (Å²) >= 11 is 5.64. The number of alkyl halides is 3. The van der Waals surface area contributed by atoms with Crippen molar-refractivity contribution in [3.05, 3.63) is 77.7 Å². The van der Waals surface area contributed by atoms with E-state index in [0.717, 1.165) is 48.4 Å². The second kappa shape index (κ2) is 12.0. The number of amides is 2. The van der Waals surface area contributed by atoms with Crippen molar-refractivity contribution < 1.29 is 22.2 Å². The average molecular weight is 591 g/mol. The molecule has 1 aliphatic rings. The Morgan fingerprint density at radius 2 is 1.73 bits per heavy atom. The van der Waals surface area contributed by atoms with Gasteiger partial charge in [0.05, 0.1) is 27.2 Å². The maximum Gasteiger partial charge on any atom is 0.417 e. The van der Waals surface area contributed by atoms with E-state index >= 15 is 0 Å². The highest BCUT2D eigenvalue weighted by Crippen LogP contribution is 2.36. The number of aromatic nitrogens is 2. The summed E-state index contributed by atoms with van der Waals surface area (Å²) in [6, 6.07) is 11.1. The summed E-state index contributed by atoms with van der Waals surface area (Å²) in [6.07, 6.45) is 2.92. The van der Waals surface area contributed by atoms with Crippen molar-refractivity contribution in [1.29, 1.82) is 0 Å². The molecule has 3 heterocycles. The van der Waals surface area contributed by atoms with Gasteiger partial charge in [-0.3, -0.25) is 4.98 Å². The van der Waals surface area contributed by atoms with Crippen molar-refractivity contribution in [3.8, 4) is 5.69 Å². The number of likely N-dealkylation sites (tertiary alicyclic amines) is 1. The number of benzene rings is 2. The molecule has 2 amide bonds. The van der Waals surface area contributed by atoms with Crippen molar-refractivity contribution in [2.24, 2.45) is 0 Å². The number of halogens is 4. The van der Waals surface area contributed by atoms with Gasteiger partial charge < -0.3 is 20.1 Å². The first-order valence-corrected chi connectivity index (χ1v) is 14.1. The Labute approximate surface area is 236 Å². The number of carbonyl (C=O) groups excluding carboxylic acids is 1. The summed E-state index contributed by atoms with van der Waals surface area (Å²) in [6.45, 7) is 3.60. The maximum absolute atomic E-state index is 13.1. The lowest BCUT2D eigenvalue weighted by molar-refractivity contribution is -0.137. The fourth-order valence-corrected chi connectivity index (χ4v) is 5.83. The second-order valence-corrected chi connectivity index (χ2v) is 11.0. The first-order chi connectivity index (χ1) is 19.2. The van der Waals surface area contributed by atoms with E-state index in [1.165, 1.54) is 18.9 Å². The molecule has 3 N–H and O–H groups in total. The fourth-order valence-electron chi connectivity index (χ4n) is 4.60. The Kier molecular flexibility index (Phi) is 8.40. The molecule has 1 aliphatic heterocycles. The molecule has 0 radical (unpaired) electrons. The number of nitrogens with one attached hydrogen (secondary N) is 3. The maximum atomic E-state index is 13.1. The Balaban J connectivity index is 1.27. The topological polar surface area (TPSA) is 91.3 Å². The van der Waals surface area contributed by atoms with E-state index in [9.17, 15) is 22.2 Å². The van der Waals surface area contributed by atoms with Crippen LogP contribution in [-0.2, 0) is 17.2 Å². The number of pyridine rings is 1. The van der Waals surface area contributed by atoms with E-state index < -0.39 is 33.8 Å². The van der Waals surface area contributed by atoms with Gasteiger partial charge in [0, 0.05) is 47.9 Å². The molecule has 0 aliphatic carbocycles. The zero-order chi connectivity index (χ0) is 28.3. The molecule has 1 unspecified atom stereocenters. The molecule has 1 fully saturated rings. The summed E-state index contributed by atoms with van der Waals surface area (Å²) in [4.78, 5) is 19.6. The highest BCUT2D eigenvalue weighted by atomic mass is 35.5. The summed E-state index contributed by atoms with van der Waals surface area (Å²) < 4.78 is 57.4. The highest BCUT2D eigenvalue weighted by molar-refractivity contribution is 7.83. The summed E-state index contributed by atoms with van der Waals surface area (Å²) in [5, 5.41) is 5.34. The molecule has 0 saturated carbocycles. The first-order valence-electron chi connectivity index (χ1n) is 12.6. The second-order valence-electron chi connectivity index (χ2n) is 9.29. The van der Waals surface area contributed by atoms with Crippen LogP contribution in [0.1, 0.15) is 18.4 Å². The van der Waals surface area contributed by atoms with Crippen molar-refractivity contribution >= 4 is 50.9 Å². The lowest BCUT2D eigenvalue weighted by Gasteiger charge is -2.14. The van der Waals surface area contributed by atoms with Gasteiger partial charge in [-0.15, -0.1) is 0 Å². The standard InChI is InChI=1S/C27H26ClF3N6O2S/c28-23-8-5-19(15-22(23)27(29,30)31)35-26(38)34-18-3-6-20(7-4-18)37-17-25(21-9-10-32-16-24(21)37)40(39)33-11-14-36-12-1-2-13-36/h3-10,15-17,33H,1-2,11-14H2,(H2,34,35,38). The minimum absolute atomic E-state index is 0.0493. The zero-order valence-electron chi connectivity index (χ0n) is 21.2. The Bertz CT molecular complexity index is 1540. The molecule has 8 nitrogen and oxygen atoms in total. The summed E-state index contributed by atoms with van der Waals surface area (Å²) in [7, 11) is -1.42. The van der Waals surface area contributed by atoms with Crippen LogP contribution in [0, 0.1) is 0 Å². The van der Waals surface area contributed by atoms with Crippen LogP contribution < -0.4 is 15.4 Å². The molecule has 210 valence electrons. The largest absolute Gasteiger partial charge is 0.417 e. The quantitative estimate of drug-likeness (QED) is 0.233. The molecule has 0 bridgehead atoms. The lowest BCUT2D eigenvalue weighted by atomic mass is 10.2. The monoisotopic (exact) mass is 590 g/mol. The van der Waals surface area contributed by atoms with Gasteiger partial charge in [-0.05, 0) is 74.5 Å². The van der Waals surface area contributed by atoms with Crippen LogP contribution >= 0.6 is 11.6 Å². The van der Waals surface area contributed by atoms with Gasteiger partial charge in [-0.25, -0.2) is 13.7 Å². The van der Waals surface area contributed by atoms with E-state index in [1.807, 2.05) is 10.6 Å². The minimum atomic E-state index is -4.64. The lowest BCUT2D eigenvalue weighted by Crippen LogP contribution is -2.30. The van der Waals surface area contributed by atoms with Crippen molar-refractivity contribution in [2.45, 2.75) is 23.9 Å². The van der Waals surface area contributed by atoms with Crippen molar-refractivity contribution in [3.63, 3.8) is 0 Å². The Morgan fingerprint density at radius 1 is 1.02 bits per heavy atom. The SMILES string of the molecule is O=C(Nc1ccc(-n2cc(S(=O)NCCN3CCCC3)c3ccncc32)cc1)Nc1ccc(Cl)c(C(F)(F)F)c1. The number of fused-ring (bicyclic) bond motifs is 1. The number of hydrogen-bond donors (Lipinski definition) is 3. The number of urea groups is 1. The Hall–Kier alpha value is -3.45. The van der Waals surface area contributed by atoms with Crippen LogP contribution in [0.25, 0.3) is 16.6 Å². The third kappa shape index (κ3) is 6.47. The van der Waals surface area contributed by atoms with E-state index in [-0.39, 0.29) is 5.69 Å². The molecule has 0 spiro atoms. The smallest absolute Gasteiger partial charge is 0.314 e. The average Bonchev–Trinajstić information content (AvgIpc) is 3.58. The van der Waals surface area contributed by atoms with E-state index in [0.29, 0.717) is 17.1 Å². The van der Waals surface area contributed by atoms with Gasteiger partial charge in [-0.2, -0.15) is 13.2 Å². The van der Waals surface area contributed by atoms with E-state index in [2.05, 4.69) is 25.2 Å². The number of hydrogen-bond acceptors (Lipinski definition) is 4. The predicted molar refractivity (Wildman–Crippen MR) is 150 cm³/mol. The normalized spacial score (nSPS) is 14.9. The molecule has 2 aromatic carbocycles. The molecule has 5 rings (SSSR count). The third-order valence-corrected chi connectivity index (χ3v) is 8.08. The minimum Gasteiger partial charge on any atom is -0.314 e.